The van der Waals surface area contributed by atoms with Gasteiger partial charge >= 0.3 is 0 Å². The van der Waals surface area contributed by atoms with Gasteiger partial charge in [-0.3, -0.25) is 9.59 Å². The first kappa shape index (κ1) is 11.9. The minimum Gasteiger partial charge on any atom is -0.350 e. The smallest absolute Gasteiger partial charge is 0.228 e. The molecule has 1 amide bonds. The largest absolute Gasteiger partial charge is 0.350 e. The highest BCUT2D eigenvalue weighted by Crippen LogP contribution is 2.39. The van der Waals surface area contributed by atoms with E-state index in [-0.39, 0.29) is 29.9 Å². The SMILES string of the molecule is CC(C)(C)C(=O)COC1CS[C@H]2CC(=O)N12. The number of β-lactam (4-membered cyclic amide) rings is 1. The van der Waals surface area contributed by atoms with Crippen LogP contribution in [0.25, 0.3) is 0 Å². The first-order chi connectivity index (χ1) is 7.39. The van der Waals surface area contributed by atoms with E-state index in [2.05, 4.69) is 0 Å². The number of hydrogen-bond donors (Lipinski definition) is 0. The van der Waals surface area contributed by atoms with Crippen molar-refractivity contribution in [2.75, 3.05) is 12.4 Å². The maximum Gasteiger partial charge on any atom is 0.228 e. The summed E-state index contributed by atoms with van der Waals surface area (Å²) >= 11 is 1.73. The quantitative estimate of drug-likeness (QED) is 0.700. The monoisotopic (exact) mass is 243 g/mol. The highest BCUT2D eigenvalue weighted by atomic mass is 32.2. The van der Waals surface area contributed by atoms with Crippen molar-refractivity contribution in [2.24, 2.45) is 5.41 Å². The molecule has 2 atom stereocenters. The molecule has 1 unspecified atom stereocenters. The van der Waals surface area contributed by atoms with E-state index in [4.69, 9.17) is 4.74 Å². The molecule has 2 saturated heterocycles. The molecule has 2 heterocycles. The fourth-order valence-corrected chi connectivity index (χ4v) is 3.00. The van der Waals surface area contributed by atoms with Crippen LogP contribution in [-0.2, 0) is 14.3 Å². The molecule has 2 rings (SSSR count). The Kier molecular flexibility index (Phi) is 3.01. The van der Waals surface area contributed by atoms with Crippen molar-refractivity contribution >= 4 is 23.5 Å². The zero-order valence-corrected chi connectivity index (χ0v) is 10.7. The van der Waals surface area contributed by atoms with E-state index in [1.807, 2.05) is 20.8 Å². The van der Waals surface area contributed by atoms with Gasteiger partial charge in [-0.05, 0) is 0 Å². The predicted octanol–water partition coefficient (Wildman–Crippen LogP) is 1.25. The summed E-state index contributed by atoms with van der Waals surface area (Å²) in [5.74, 6) is 1.01. The summed E-state index contributed by atoms with van der Waals surface area (Å²) in [6.45, 7) is 5.73. The first-order valence-corrected chi connectivity index (χ1v) is 6.52. The van der Waals surface area contributed by atoms with Crippen molar-refractivity contribution in [3.05, 3.63) is 0 Å². The van der Waals surface area contributed by atoms with Gasteiger partial charge in [-0.15, -0.1) is 11.8 Å². The summed E-state index contributed by atoms with van der Waals surface area (Å²) in [4.78, 5) is 24.7. The van der Waals surface area contributed by atoms with Crippen LogP contribution in [-0.4, -0.2) is 40.6 Å². The zero-order valence-electron chi connectivity index (χ0n) is 9.86. The summed E-state index contributed by atoms with van der Waals surface area (Å²) in [7, 11) is 0. The fraction of sp³-hybridized carbons (Fsp3) is 0.818. The normalized spacial score (nSPS) is 28.9. The average molecular weight is 243 g/mol. The van der Waals surface area contributed by atoms with Crippen LogP contribution < -0.4 is 0 Å². The molecule has 0 aromatic heterocycles. The van der Waals surface area contributed by atoms with E-state index < -0.39 is 0 Å². The van der Waals surface area contributed by atoms with E-state index >= 15 is 0 Å². The molecular weight excluding hydrogens is 226 g/mol. The third kappa shape index (κ3) is 2.11. The second kappa shape index (κ2) is 4.04. The Balaban J connectivity index is 1.83. The molecule has 0 aliphatic carbocycles. The van der Waals surface area contributed by atoms with E-state index in [0.717, 1.165) is 5.75 Å². The minimum atomic E-state index is -0.371. The third-order valence-electron chi connectivity index (χ3n) is 2.93. The minimum absolute atomic E-state index is 0.0777. The molecule has 5 heteroatoms. The van der Waals surface area contributed by atoms with Gasteiger partial charge in [-0.25, -0.2) is 0 Å². The number of amides is 1. The lowest BCUT2D eigenvalue weighted by atomic mass is 9.91. The standard InChI is InChI=1S/C11H17NO3S/c1-11(2,3)7(13)5-15-9-6-16-10-4-8(14)12(9)10/h9-10H,4-6H2,1-3H3/t9?,10-/m0/s1. The lowest BCUT2D eigenvalue weighted by Crippen LogP contribution is -2.52. The van der Waals surface area contributed by atoms with E-state index in [1.54, 1.807) is 16.7 Å². The van der Waals surface area contributed by atoms with Gasteiger partial charge < -0.3 is 9.64 Å². The molecule has 0 spiro atoms. The van der Waals surface area contributed by atoms with E-state index in [1.165, 1.54) is 0 Å². The molecule has 90 valence electrons. The van der Waals surface area contributed by atoms with Crippen LogP contribution in [0.5, 0.6) is 0 Å². The number of hydrogen-bond acceptors (Lipinski definition) is 4. The molecule has 16 heavy (non-hydrogen) atoms. The average Bonchev–Trinajstić information content (AvgIpc) is 2.49. The molecule has 0 aromatic carbocycles. The molecule has 2 aliphatic rings. The lowest BCUT2D eigenvalue weighted by molar-refractivity contribution is -0.160. The molecule has 2 fully saturated rings. The molecule has 0 saturated carbocycles. The van der Waals surface area contributed by atoms with E-state index in [9.17, 15) is 9.59 Å². The topological polar surface area (TPSA) is 46.6 Å². The number of ether oxygens (including phenoxy) is 1. The summed E-state index contributed by atoms with van der Waals surface area (Å²) in [6.07, 6.45) is 0.431. The van der Waals surface area contributed by atoms with Crippen LogP contribution in [0.2, 0.25) is 0 Å². The van der Waals surface area contributed by atoms with Gasteiger partial charge in [0, 0.05) is 11.2 Å². The van der Waals surface area contributed by atoms with Crippen molar-refractivity contribution in [3.63, 3.8) is 0 Å². The molecule has 0 bridgehead atoms. The second-order valence-electron chi connectivity index (χ2n) is 5.23. The van der Waals surface area contributed by atoms with Crippen LogP contribution in [0.4, 0.5) is 0 Å². The Labute approximate surface area is 99.7 Å². The van der Waals surface area contributed by atoms with Gasteiger partial charge in [-0.1, -0.05) is 20.8 Å². The van der Waals surface area contributed by atoms with Crippen molar-refractivity contribution in [2.45, 2.75) is 38.8 Å². The van der Waals surface area contributed by atoms with Gasteiger partial charge in [-0.2, -0.15) is 0 Å². The molecular formula is C11H17NO3S. The number of nitrogens with zero attached hydrogens (tertiary/aromatic N) is 1. The van der Waals surface area contributed by atoms with Crippen LogP contribution in [0.15, 0.2) is 0 Å². The number of carbonyl (C=O) groups is 2. The molecule has 0 radical (unpaired) electrons. The Morgan fingerprint density at radius 1 is 1.56 bits per heavy atom. The predicted molar refractivity (Wildman–Crippen MR) is 61.9 cm³/mol. The Hall–Kier alpha value is -0.550. The number of thioether (sulfide) groups is 1. The molecule has 4 nitrogen and oxygen atoms in total. The number of fused-ring (bicyclic) bond motifs is 1. The summed E-state index contributed by atoms with van der Waals surface area (Å²) in [6, 6.07) is 0. The second-order valence-corrected chi connectivity index (χ2v) is 6.44. The van der Waals surface area contributed by atoms with Crippen LogP contribution in [0, 0.1) is 5.41 Å². The van der Waals surface area contributed by atoms with Gasteiger partial charge in [0.2, 0.25) is 5.91 Å². The highest BCUT2D eigenvalue weighted by molar-refractivity contribution is 8.00. The number of carbonyl (C=O) groups excluding carboxylic acids is 2. The molecule has 2 aliphatic heterocycles. The van der Waals surface area contributed by atoms with Crippen LogP contribution in [0.1, 0.15) is 27.2 Å². The third-order valence-corrected chi connectivity index (χ3v) is 4.19. The summed E-state index contributed by atoms with van der Waals surface area (Å²) in [5.41, 5.74) is -0.371. The highest BCUT2D eigenvalue weighted by Gasteiger charge is 2.47. The Morgan fingerprint density at radius 2 is 2.25 bits per heavy atom. The number of Topliss-reactive ketones (excluding diaryl/α,β-unsaturated/α-hetero) is 1. The zero-order chi connectivity index (χ0) is 11.9. The van der Waals surface area contributed by atoms with Crippen molar-refractivity contribution < 1.29 is 14.3 Å². The number of ketones is 1. The lowest BCUT2D eigenvalue weighted by Gasteiger charge is -2.37. The summed E-state index contributed by atoms with van der Waals surface area (Å²) < 4.78 is 5.53. The van der Waals surface area contributed by atoms with Crippen molar-refractivity contribution in [3.8, 4) is 0 Å². The first-order valence-electron chi connectivity index (χ1n) is 5.47. The fourth-order valence-electron chi connectivity index (χ4n) is 1.68. The Morgan fingerprint density at radius 3 is 2.81 bits per heavy atom. The Bertz CT molecular complexity index is 324. The van der Waals surface area contributed by atoms with Gasteiger partial charge in [0.15, 0.2) is 5.78 Å². The maximum atomic E-state index is 11.7. The molecule has 0 N–H and O–H groups in total. The van der Waals surface area contributed by atoms with Crippen LogP contribution in [0.3, 0.4) is 0 Å². The van der Waals surface area contributed by atoms with E-state index in [0.29, 0.717) is 11.8 Å². The molecule has 0 aromatic rings. The maximum absolute atomic E-state index is 11.7. The summed E-state index contributed by atoms with van der Waals surface area (Å²) in [5, 5.41) is 0.294. The van der Waals surface area contributed by atoms with Crippen LogP contribution >= 0.6 is 11.8 Å². The van der Waals surface area contributed by atoms with Crippen molar-refractivity contribution in [1.82, 2.24) is 4.90 Å². The van der Waals surface area contributed by atoms with Crippen molar-refractivity contribution in [1.29, 1.82) is 0 Å². The van der Waals surface area contributed by atoms with Gasteiger partial charge in [0.25, 0.3) is 0 Å². The van der Waals surface area contributed by atoms with Gasteiger partial charge in [0.05, 0.1) is 11.8 Å². The number of rotatable bonds is 3. The van der Waals surface area contributed by atoms with Gasteiger partial charge in [0.1, 0.15) is 12.8 Å².